The lowest BCUT2D eigenvalue weighted by molar-refractivity contribution is 0.368. The van der Waals surface area contributed by atoms with E-state index in [1.807, 2.05) is 0 Å². The quantitative estimate of drug-likeness (QED) is 0.832. The average Bonchev–Trinajstić information content (AvgIpc) is 3.02. The van der Waals surface area contributed by atoms with Crippen molar-refractivity contribution in [3.8, 4) is 0 Å². The molecule has 2 aliphatic carbocycles. The molecule has 0 amide bonds. The molecule has 0 bridgehead atoms. The van der Waals surface area contributed by atoms with Crippen LogP contribution in [-0.2, 0) is 6.54 Å². The summed E-state index contributed by atoms with van der Waals surface area (Å²) in [6.07, 6.45) is 10.5. The van der Waals surface area contributed by atoms with Crippen molar-refractivity contribution in [3.05, 3.63) is 23.7 Å². The molecule has 0 saturated heterocycles. The van der Waals surface area contributed by atoms with Crippen molar-refractivity contribution in [2.75, 3.05) is 12.8 Å². The van der Waals surface area contributed by atoms with Crippen LogP contribution in [0.5, 0.6) is 0 Å². The summed E-state index contributed by atoms with van der Waals surface area (Å²) in [5, 5.41) is 3.63. The maximum Gasteiger partial charge on any atom is 0.117 e. The molecule has 2 saturated carbocycles. The number of nitrogens with one attached hydrogen (secondary N) is 1. The SMILES string of the molecule is CSC1(CNCc2ccc(C3CC3C)o2)CCCCC1. The average molecular weight is 293 g/mol. The predicted molar refractivity (Wildman–Crippen MR) is 86.3 cm³/mol. The molecule has 0 aliphatic heterocycles. The number of rotatable bonds is 6. The Hall–Kier alpha value is -0.410. The van der Waals surface area contributed by atoms with Gasteiger partial charge in [0.1, 0.15) is 11.5 Å². The lowest BCUT2D eigenvalue weighted by Crippen LogP contribution is -2.39. The summed E-state index contributed by atoms with van der Waals surface area (Å²) >= 11 is 2.06. The van der Waals surface area contributed by atoms with E-state index in [1.165, 1.54) is 44.3 Å². The van der Waals surface area contributed by atoms with Crippen molar-refractivity contribution in [3.63, 3.8) is 0 Å². The third-order valence-electron chi connectivity index (χ3n) is 5.10. The van der Waals surface area contributed by atoms with E-state index >= 15 is 0 Å². The zero-order valence-electron chi connectivity index (χ0n) is 12.8. The molecule has 1 heterocycles. The fourth-order valence-corrected chi connectivity index (χ4v) is 4.41. The van der Waals surface area contributed by atoms with Crippen LogP contribution in [-0.4, -0.2) is 17.5 Å². The minimum Gasteiger partial charge on any atom is -0.464 e. The highest BCUT2D eigenvalue weighted by molar-refractivity contribution is 8.00. The van der Waals surface area contributed by atoms with Crippen molar-refractivity contribution >= 4 is 11.8 Å². The zero-order valence-corrected chi connectivity index (χ0v) is 13.6. The highest BCUT2D eigenvalue weighted by Gasteiger charge is 2.36. The molecule has 2 fully saturated rings. The molecular weight excluding hydrogens is 266 g/mol. The molecule has 3 rings (SSSR count). The minimum absolute atomic E-state index is 0.471. The van der Waals surface area contributed by atoms with Gasteiger partial charge in [-0.3, -0.25) is 0 Å². The van der Waals surface area contributed by atoms with Gasteiger partial charge in [-0.2, -0.15) is 11.8 Å². The third kappa shape index (κ3) is 3.25. The maximum atomic E-state index is 5.96. The van der Waals surface area contributed by atoms with Gasteiger partial charge in [0.2, 0.25) is 0 Å². The standard InChI is InChI=1S/C17H27NOS/c1-13-10-15(13)16-7-6-14(19-16)11-18-12-17(20-2)8-4-3-5-9-17/h6-7,13,15,18H,3-5,8-12H2,1-2H3. The van der Waals surface area contributed by atoms with Crippen LogP contribution in [0.1, 0.15) is 62.9 Å². The Labute approximate surface area is 127 Å². The first-order valence-corrected chi connectivity index (χ1v) is 9.29. The molecule has 1 aromatic heterocycles. The molecule has 2 atom stereocenters. The first-order chi connectivity index (χ1) is 9.72. The lowest BCUT2D eigenvalue weighted by atomic mass is 9.88. The van der Waals surface area contributed by atoms with Gasteiger partial charge >= 0.3 is 0 Å². The van der Waals surface area contributed by atoms with Crippen molar-refractivity contribution in [2.45, 2.75) is 62.7 Å². The number of thioether (sulfide) groups is 1. The van der Waals surface area contributed by atoms with Crippen LogP contribution >= 0.6 is 11.8 Å². The monoisotopic (exact) mass is 293 g/mol. The van der Waals surface area contributed by atoms with Crippen LogP contribution in [0.4, 0.5) is 0 Å². The third-order valence-corrected chi connectivity index (χ3v) is 6.52. The second kappa shape index (κ2) is 6.15. The van der Waals surface area contributed by atoms with Gasteiger partial charge in [0, 0.05) is 17.2 Å². The van der Waals surface area contributed by atoms with Gasteiger partial charge in [0.15, 0.2) is 0 Å². The normalized spacial score (nSPS) is 28.5. The number of furan rings is 1. The van der Waals surface area contributed by atoms with Gasteiger partial charge in [-0.15, -0.1) is 0 Å². The van der Waals surface area contributed by atoms with Gasteiger partial charge in [0.05, 0.1) is 6.54 Å². The molecule has 1 N–H and O–H groups in total. The van der Waals surface area contributed by atoms with E-state index < -0.39 is 0 Å². The maximum absolute atomic E-state index is 5.96. The van der Waals surface area contributed by atoms with Crippen LogP contribution in [0.2, 0.25) is 0 Å². The first-order valence-electron chi connectivity index (χ1n) is 8.07. The Morgan fingerprint density at radius 3 is 2.70 bits per heavy atom. The van der Waals surface area contributed by atoms with E-state index in [4.69, 9.17) is 4.42 Å². The molecule has 112 valence electrons. The smallest absolute Gasteiger partial charge is 0.117 e. The molecule has 2 aliphatic rings. The topological polar surface area (TPSA) is 25.2 Å². The Kier molecular flexibility index (Phi) is 4.46. The summed E-state index contributed by atoms with van der Waals surface area (Å²) in [4.78, 5) is 0. The highest BCUT2D eigenvalue weighted by atomic mass is 32.2. The summed E-state index contributed by atoms with van der Waals surface area (Å²) in [6, 6.07) is 4.33. The second-order valence-corrected chi connectivity index (χ2v) is 7.95. The Bertz CT molecular complexity index is 436. The summed E-state index contributed by atoms with van der Waals surface area (Å²) in [5.74, 6) is 3.82. The van der Waals surface area contributed by atoms with Gasteiger partial charge in [-0.1, -0.05) is 26.2 Å². The molecule has 0 spiro atoms. The Morgan fingerprint density at radius 2 is 2.05 bits per heavy atom. The predicted octanol–water partition coefficient (Wildman–Crippen LogP) is 4.56. The van der Waals surface area contributed by atoms with Crippen LogP contribution in [0.15, 0.2) is 16.5 Å². The molecule has 20 heavy (non-hydrogen) atoms. The second-order valence-electron chi connectivity index (χ2n) is 6.67. The van der Waals surface area contributed by atoms with Gasteiger partial charge in [0.25, 0.3) is 0 Å². The Morgan fingerprint density at radius 1 is 1.30 bits per heavy atom. The van der Waals surface area contributed by atoms with E-state index in [0.29, 0.717) is 10.7 Å². The van der Waals surface area contributed by atoms with Crippen molar-refractivity contribution < 1.29 is 4.42 Å². The molecule has 2 nitrogen and oxygen atoms in total. The number of hydrogen-bond acceptors (Lipinski definition) is 3. The van der Waals surface area contributed by atoms with E-state index in [-0.39, 0.29) is 0 Å². The van der Waals surface area contributed by atoms with Crippen LogP contribution in [0.3, 0.4) is 0 Å². The van der Waals surface area contributed by atoms with Gasteiger partial charge in [-0.05, 0) is 43.6 Å². The summed E-state index contributed by atoms with van der Waals surface area (Å²) in [5.41, 5.74) is 0. The van der Waals surface area contributed by atoms with E-state index in [9.17, 15) is 0 Å². The van der Waals surface area contributed by atoms with E-state index in [2.05, 4.69) is 42.4 Å². The summed E-state index contributed by atoms with van der Waals surface area (Å²) in [7, 11) is 0. The van der Waals surface area contributed by atoms with Crippen molar-refractivity contribution in [1.29, 1.82) is 0 Å². The summed E-state index contributed by atoms with van der Waals surface area (Å²) < 4.78 is 6.44. The molecule has 0 aromatic carbocycles. The van der Waals surface area contributed by atoms with Crippen LogP contribution in [0, 0.1) is 5.92 Å². The Balaban J connectivity index is 1.48. The lowest BCUT2D eigenvalue weighted by Gasteiger charge is -2.35. The molecule has 0 radical (unpaired) electrons. The van der Waals surface area contributed by atoms with Crippen LogP contribution < -0.4 is 5.32 Å². The fourth-order valence-electron chi connectivity index (χ4n) is 3.47. The molecule has 2 unspecified atom stereocenters. The van der Waals surface area contributed by atoms with E-state index in [0.717, 1.165) is 24.8 Å². The van der Waals surface area contributed by atoms with Crippen molar-refractivity contribution in [2.24, 2.45) is 5.92 Å². The molecule has 1 aromatic rings. The fraction of sp³-hybridized carbons (Fsp3) is 0.765. The van der Waals surface area contributed by atoms with Gasteiger partial charge < -0.3 is 9.73 Å². The van der Waals surface area contributed by atoms with E-state index in [1.54, 1.807) is 0 Å². The van der Waals surface area contributed by atoms with Crippen molar-refractivity contribution in [1.82, 2.24) is 5.32 Å². The number of hydrogen-bond donors (Lipinski definition) is 1. The molecule has 3 heteroatoms. The highest BCUT2D eigenvalue weighted by Crippen LogP contribution is 2.47. The first kappa shape index (κ1) is 14.5. The molecular formula is C17H27NOS. The van der Waals surface area contributed by atoms with Crippen LogP contribution in [0.25, 0.3) is 0 Å². The largest absolute Gasteiger partial charge is 0.464 e. The summed E-state index contributed by atoms with van der Waals surface area (Å²) in [6.45, 7) is 4.30. The zero-order chi connectivity index (χ0) is 14.0. The minimum atomic E-state index is 0.471. The van der Waals surface area contributed by atoms with Gasteiger partial charge in [-0.25, -0.2) is 0 Å².